The van der Waals surface area contributed by atoms with Gasteiger partial charge in [-0.15, -0.1) is 0 Å². The van der Waals surface area contributed by atoms with E-state index in [9.17, 15) is 14.9 Å². The van der Waals surface area contributed by atoms with Crippen LogP contribution < -0.4 is 16.2 Å². The highest BCUT2D eigenvalue weighted by atomic mass is 32.1. The Hall–Kier alpha value is -3.26. The van der Waals surface area contributed by atoms with Crippen LogP contribution in [0.25, 0.3) is 10.9 Å². The molecule has 0 unspecified atom stereocenters. The summed E-state index contributed by atoms with van der Waals surface area (Å²) >= 11 is 5.24. The van der Waals surface area contributed by atoms with Gasteiger partial charge in [-0.2, -0.15) is 0 Å². The number of aryl methyl sites for hydroxylation is 2. The summed E-state index contributed by atoms with van der Waals surface area (Å²) in [4.78, 5) is 25.6. The number of rotatable bonds is 5. The van der Waals surface area contributed by atoms with Gasteiger partial charge in [-0.05, 0) is 61.8 Å². The summed E-state index contributed by atoms with van der Waals surface area (Å²) in [5.41, 5.74) is 4.28. The summed E-state index contributed by atoms with van der Waals surface area (Å²) in [5, 5.41) is 18.1. The number of fused-ring (bicyclic) bond motifs is 1. The highest BCUT2D eigenvalue weighted by Crippen LogP contribution is 2.19. The van der Waals surface area contributed by atoms with E-state index in [0.717, 1.165) is 22.0 Å². The first-order valence-electron chi connectivity index (χ1n) is 8.76. The van der Waals surface area contributed by atoms with E-state index in [1.54, 1.807) is 12.1 Å². The summed E-state index contributed by atoms with van der Waals surface area (Å²) in [6, 6.07) is 12.0. The van der Waals surface area contributed by atoms with E-state index in [-0.39, 0.29) is 11.2 Å². The first kappa shape index (κ1) is 19.5. The fourth-order valence-electron chi connectivity index (χ4n) is 2.96. The molecule has 7 nitrogen and oxygen atoms in total. The number of hydrogen-bond donors (Lipinski definition) is 3. The number of H-pyrrole nitrogens is 1. The van der Waals surface area contributed by atoms with Crippen LogP contribution in [0.5, 0.6) is 0 Å². The van der Waals surface area contributed by atoms with Crippen molar-refractivity contribution in [2.24, 2.45) is 0 Å². The van der Waals surface area contributed by atoms with Crippen molar-refractivity contribution in [1.82, 2.24) is 10.3 Å². The van der Waals surface area contributed by atoms with Crippen LogP contribution in [0.2, 0.25) is 0 Å². The number of anilines is 1. The number of thiocarbonyl (C=S) groups is 1. The second kappa shape index (κ2) is 8.18. The molecule has 0 spiro atoms. The summed E-state index contributed by atoms with van der Waals surface area (Å²) in [7, 11) is 0. The molecule has 28 heavy (non-hydrogen) atoms. The molecule has 3 aromatic rings. The van der Waals surface area contributed by atoms with E-state index in [2.05, 4.69) is 15.6 Å². The van der Waals surface area contributed by atoms with Crippen molar-refractivity contribution in [2.45, 2.75) is 20.3 Å². The first-order valence-corrected chi connectivity index (χ1v) is 9.17. The van der Waals surface area contributed by atoms with E-state index < -0.39 is 4.92 Å². The van der Waals surface area contributed by atoms with Crippen LogP contribution in [0, 0.1) is 24.0 Å². The van der Waals surface area contributed by atoms with Gasteiger partial charge in [0.2, 0.25) is 0 Å². The lowest BCUT2D eigenvalue weighted by Crippen LogP contribution is -2.31. The molecule has 144 valence electrons. The third kappa shape index (κ3) is 4.34. The molecule has 1 aromatic heterocycles. The molecule has 0 amide bonds. The maximum Gasteiger partial charge on any atom is 0.269 e. The van der Waals surface area contributed by atoms with Gasteiger partial charge in [-0.25, -0.2) is 0 Å². The number of nitrogens with zero attached hydrogens (tertiary/aromatic N) is 1. The van der Waals surface area contributed by atoms with Crippen molar-refractivity contribution >= 4 is 39.6 Å². The van der Waals surface area contributed by atoms with Gasteiger partial charge < -0.3 is 15.6 Å². The average molecular weight is 396 g/mol. The van der Waals surface area contributed by atoms with Gasteiger partial charge in [-0.1, -0.05) is 12.1 Å². The third-order valence-corrected chi connectivity index (χ3v) is 4.78. The Morgan fingerprint density at radius 2 is 1.82 bits per heavy atom. The van der Waals surface area contributed by atoms with Crippen molar-refractivity contribution in [3.63, 3.8) is 0 Å². The zero-order valence-corrected chi connectivity index (χ0v) is 16.4. The largest absolute Gasteiger partial charge is 0.362 e. The van der Waals surface area contributed by atoms with E-state index in [0.29, 0.717) is 29.3 Å². The SMILES string of the molecule is Cc1ccc(C)c2[nH]c(=O)c(CCNC(=S)Nc3ccc([N+](=O)[O-])cc3)cc12. The molecule has 0 radical (unpaired) electrons. The Labute approximate surface area is 166 Å². The molecule has 0 aliphatic rings. The van der Waals surface area contributed by atoms with Gasteiger partial charge in [0.15, 0.2) is 5.11 Å². The van der Waals surface area contributed by atoms with E-state index in [1.807, 2.05) is 32.0 Å². The lowest BCUT2D eigenvalue weighted by molar-refractivity contribution is -0.384. The van der Waals surface area contributed by atoms with Crippen LogP contribution in [0.3, 0.4) is 0 Å². The normalized spacial score (nSPS) is 10.6. The average Bonchev–Trinajstić information content (AvgIpc) is 2.66. The third-order valence-electron chi connectivity index (χ3n) is 4.54. The molecule has 0 atom stereocenters. The van der Waals surface area contributed by atoms with Crippen LogP contribution in [-0.2, 0) is 6.42 Å². The second-order valence-corrected chi connectivity index (χ2v) is 6.95. The molecule has 0 fully saturated rings. The van der Waals surface area contributed by atoms with Gasteiger partial charge >= 0.3 is 0 Å². The molecule has 8 heteroatoms. The van der Waals surface area contributed by atoms with E-state index >= 15 is 0 Å². The molecule has 3 rings (SSSR count). The monoisotopic (exact) mass is 396 g/mol. The van der Waals surface area contributed by atoms with Crippen molar-refractivity contribution in [2.75, 3.05) is 11.9 Å². The van der Waals surface area contributed by atoms with Crippen molar-refractivity contribution in [3.05, 3.63) is 79.6 Å². The second-order valence-electron chi connectivity index (χ2n) is 6.55. The number of nitro groups is 1. The molecule has 0 bridgehead atoms. The maximum atomic E-state index is 12.4. The standard InChI is InChI=1S/C20H20N4O3S/c1-12-3-4-13(2)18-17(12)11-14(19(25)23-18)9-10-21-20(28)22-15-5-7-16(8-6-15)24(26)27/h3-8,11H,9-10H2,1-2H3,(H,23,25)(H2,21,22,28). The highest BCUT2D eigenvalue weighted by Gasteiger charge is 2.08. The minimum Gasteiger partial charge on any atom is -0.362 e. The number of aromatic amines is 1. The van der Waals surface area contributed by atoms with Crippen molar-refractivity contribution < 1.29 is 4.92 Å². The van der Waals surface area contributed by atoms with Gasteiger partial charge in [0.1, 0.15) is 0 Å². The predicted molar refractivity (Wildman–Crippen MR) is 115 cm³/mol. The van der Waals surface area contributed by atoms with Crippen LogP contribution >= 0.6 is 12.2 Å². The highest BCUT2D eigenvalue weighted by molar-refractivity contribution is 7.80. The van der Waals surface area contributed by atoms with Crippen LogP contribution in [0.4, 0.5) is 11.4 Å². The number of hydrogen-bond acceptors (Lipinski definition) is 4. The molecular weight excluding hydrogens is 376 g/mol. The topological polar surface area (TPSA) is 100 Å². The quantitative estimate of drug-likeness (QED) is 0.346. The minimum absolute atomic E-state index is 0.0190. The zero-order chi connectivity index (χ0) is 20.3. The zero-order valence-electron chi connectivity index (χ0n) is 15.5. The van der Waals surface area contributed by atoms with E-state index in [1.165, 1.54) is 12.1 Å². The van der Waals surface area contributed by atoms with E-state index in [4.69, 9.17) is 12.2 Å². The van der Waals surface area contributed by atoms with Gasteiger partial charge in [-0.3, -0.25) is 14.9 Å². The molecule has 0 saturated heterocycles. The maximum absolute atomic E-state index is 12.4. The molecule has 1 heterocycles. The van der Waals surface area contributed by atoms with Crippen molar-refractivity contribution in [1.29, 1.82) is 0 Å². The summed E-state index contributed by atoms with van der Waals surface area (Å²) < 4.78 is 0. The smallest absolute Gasteiger partial charge is 0.269 e. The predicted octanol–water partition coefficient (Wildman–Crippen LogP) is 3.58. The Balaban J connectivity index is 1.62. The van der Waals surface area contributed by atoms with Gasteiger partial charge in [0.05, 0.1) is 10.4 Å². The van der Waals surface area contributed by atoms with Crippen molar-refractivity contribution in [3.8, 4) is 0 Å². The number of nitrogens with one attached hydrogen (secondary N) is 3. The fraction of sp³-hybridized carbons (Fsp3) is 0.200. The lowest BCUT2D eigenvalue weighted by atomic mass is 10.0. The Bertz CT molecular complexity index is 1110. The fourth-order valence-corrected chi connectivity index (χ4v) is 3.18. The van der Waals surface area contributed by atoms with Crippen LogP contribution in [-0.4, -0.2) is 21.6 Å². The van der Waals surface area contributed by atoms with Gasteiger partial charge in [0, 0.05) is 35.3 Å². The Kier molecular flexibility index (Phi) is 5.70. The lowest BCUT2D eigenvalue weighted by Gasteiger charge is -2.11. The molecule has 2 aromatic carbocycles. The Morgan fingerprint density at radius 1 is 1.14 bits per heavy atom. The van der Waals surface area contributed by atoms with Gasteiger partial charge in [0.25, 0.3) is 11.2 Å². The number of pyridine rings is 1. The van der Waals surface area contributed by atoms with Crippen LogP contribution in [0.1, 0.15) is 16.7 Å². The summed E-state index contributed by atoms with van der Waals surface area (Å²) in [6.07, 6.45) is 0.515. The Morgan fingerprint density at radius 3 is 2.50 bits per heavy atom. The minimum atomic E-state index is -0.454. The molecular formula is C20H20N4O3S. The summed E-state index contributed by atoms with van der Waals surface area (Å²) in [5.74, 6) is 0. The summed E-state index contributed by atoms with van der Waals surface area (Å²) in [6.45, 7) is 4.48. The first-order chi connectivity index (χ1) is 13.3. The molecule has 3 N–H and O–H groups in total. The number of benzene rings is 2. The molecule has 0 saturated carbocycles. The molecule has 0 aliphatic carbocycles. The van der Waals surface area contributed by atoms with Crippen LogP contribution in [0.15, 0.2) is 47.3 Å². The number of non-ortho nitro benzene ring substituents is 1. The molecule has 0 aliphatic heterocycles. The number of nitro benzene ring substituents is 1. The number of aromatic nitrogens is 1.